The number of hydrogen-bond donors (Lipinski definition) is 5. The highest BCUT2D eigenvalue weighted by molar-refractivity contribution is 7.09. The predicted octanol–water partition coefficient (Wildman–Crippen LogP) is 6.60. The molecule has 6 atom stereocenters. The lowest BCUT2D eigenvalue weighted by Crippen LogP contribution is -2.57. The summed E-state index contributed by atoms with van der Waals surface area (Å²) in [7, 11) is 2.16. The van der Waals surface area contributed by atoms with Gasteiger partial charge in [-0.2, -0.15) is 0 Å². The molecule has 1 aliphatic heterocycles. The summed E-state index contributed by atoms with van der Waals surface area (Å²) in [6, 6.07) is 6.42. The minimum absolute atomic E-state index is 0.0168. The SMILES string of the molecule is CCCCCCN(C(=O)[C@@H](NCC1CCCCN1C)[C@@H](C)CC)[C@H](C[C@@H](OC(C)=O)c1nc(C(=O)N[C@@H](Cc2ccc(N)cc2)CC(C)(C)C(=O)NCC(=O)O)cs1)C(C)C. The van der Waals surface area contributed by atoms with E-state index in [1.165, 1.54) is 31.1 Å². The number of carbonyl (C=O) groups excluding carboxylic acids is 4. The van der Waals surface area contributed by atoms with Crippen LogP contribution in [0.1, 0.15) is 147 Å². The number of unbranched alkanes of at least 4 members (excludes halogenated alkanes) is 3. The number of benzene rings is 1. The normalized spacial score (nSPS) is 17.2. The topological polar surface area (TPSA) is 196 Å². The molecule has 15 heteroatoms. The Kier molecular flexibility index (Phi) is 21.1. The van der Waals surface area contributed by atoms with E-state index in [1.54, 1.807) is 31.4 Å². The van der Waals surface area contributed by atoms with Crippen LogP contribution in [0.4, 0.5) is 5.69 Å². The van der Waals surface area contributed by atoms with Crippen LogP contribution in [0.5, 0.6) is 0 Å². The maximum absolute atomic E-state index is 14.9. The number of hydrogen-bond acceptors (Lipinski definition) is 11. The molecule has 0 bridgehead atoms. The van der Waals surface area contributed by atoms with E-state index in [0.29, 0.717) is 36.1 Å². The molecule has 1 aliphatic rings. The first-order chi connectivity index (χ1) is 28.9. The van der Waals surface area contributed by atoms with E-state index < -0.39 is 47.9 Å². The summed E-state index contributed by atoms with van der Waals surface area (Å²) in [5.74, 6) is -2.38. The van der Waals surface area contributed by atoms with Crippen LogP contribution < -0.4 is 21.7 Å². The van der Waals surface area contributed by atoms with Gasteiger partial charge in [-0.05, 0) is 75.2 Å². The number of amides is 3. The molecule has 61 heavy (non-hydrogen) atoms. The van der Waals surface area contributed by atoms with Gasteiger partial charge < -0.3 is 41.3 Å². The standard InChI is InChI=1S/C46H75N7O7S/c1-10-12-13-15-23-53(44(58)41(31(5)11-2)48-27-36-17-14-16-22-52(36)9)38(30(3)4)25-39(60-32(6)54)43-51-37(29-61-43)42(57)50-35(24-33-18-20-34(47)21-19-33)26-46(7,8)45(59)49-28-40(55)56/h18-21,29-31,35-36,38-39,41,48H,10-17,22-28,47H2,1-9H3,(H,49,59)(H,50,57)(H,55,56)/t31-,35-,36?,38+,39+,41-/m0/s1. The molecule has 0 radical (unpaired) electrons. The zero-order valence-corrected chi connectivity index (χ0v) is 39.1. The van der Waals surface area contributed by atoms with E-state index in [1.807, 2.05) is 17.0 Å². The highest BCUT2D eigenvalue weighted by Crippen LogP contribution is 2.32. The van der Waals surface area contributed by atoms with Crippen LogP contribution in [-0.4, -0.2) is 107 Å². The Hall–Kier alpha value is -4.08. The minimum Gasteiger partial charge on any atom is -0.480 e. The fourth-order valence-corrected chi connectivity index (χ4v) is 8.99. The number of piperidine rings is 1. The summed E-state index contributed by atoms with van der Waals surface area (Å²) in [5, 5.41) is 20.4. The first-order valence-electron chi connectivity index (χ1n) is 22.4. The molecule has 0 saturated carbocycles. The second-order valence-electron chi connectivity index (χ2n) is 18.0. The van der Waals surface area contributed by atoms with Crippen LogP contribution in [0.15, 0.2) is 29.6 Å². The van der Waals surface area contributed by atoms with Crippen molar-refractivity contribution in [3.63, 3.8) is 0 Å². The van der Waals surface area contributed by atoms with Crippen molar-refractivity contribution in [2.24, 2.45) is 17.3 Å². The summed E-state index contributed by atoms with van der Waals surface area (Å²) in [6.45, 7) is 17.2. The van der Waals surface area contributed by atoms with Crippen molar-refractivity contribution in [3.8, 4) is 0 Å². The van der Waals surface area contributed by atoms with Crippen molar-refractivity contribution in [1.29, 1.82) is 0 Å². The molecule has 2 aromatic rings. The van der Waals surface area contributed by atoms with Gasteiger partial charge in [0.2, 0.25) is 11.8 Å². The number of anilines is 1. The van der Waals surface area contributed by atoms with E-state index in [0.717, 1.165) is 57.2 Å². The fraction of sp³-hybridized carbons (Fsp3) is 0.696. The second-order valence-corrected chi connectivity index (χ2v) is 18.9. The number of nitrogens with zero attached hydrogens (tertiary/aromatic N) is 3. The number of likely N-dealkylation sites (N-methyl/N-ethyl adjacent to an activating group) is 1. The van der Waals surface area contributed by atoms with Gasteiger partial charge in [0.15, 0.2) is 6.10 Å². The number of esters is 1. The van der Waals surface area contributed by atoms with Gasteiger partial charge in [-0.15, -0.1) is 11.3 Å². The van der Waals surface area contributed by atoms with Crippen LogP contribution in [0.3, 0.4) is 0 Å². The first kappa shape index (κ1) is 51.3. The molecular formula is C46H75N7O7S. The molecule has 1 unspecified atom stereocenters. The third-order valence-electron chi connectivity index (χ3n) is 12.0. The predicted molar refractivity (Wildman–Crippen MR) is 242 cm³/mol. The molecule has 1 fully saturated rings. The van der Waals surface area contributed by atoms with Crippen LogP contribution in [0, 0.1) is 17.3 Å². The first-order valence-corrected chi connectivity index (χ1v) is 23.3. The number of thiazole rings is 1. The third-order valence-corrected chi connectivity index (χ3v) is 13.0. The number of carboxylic acid groups (broad SMARTS) is 1. The van der Waals surface area contributed by atoms with Crippen molar-refractivity contribution in [2.45, 2.75) is 156 Å². The van der Waals surface area contributed by atoms with Crippen molar-refractivity contribution < 1.29 is 33.8 Å². The lowest BCUT2D eigenvalue weighted by Gasteiger charge is -2.40. The molecule has 3 rings (SSSR count). The molecule has 14 nitrogen and oxygen atoms in total. The number of carbonyl (C=O) groups is 5. The number of nitrogens with two attached hydrogens (primary N) is 1. The largest absolute Gasteiger partial charge is 0.480 e. The van der Waals surface area contributed by atoms with Crippen molar-refractivity contribution >= 4 is 46.7 Å². The number of ether oxygens (including phenoxy) is 1. The Morgan fingerprint density at radius 2 is 1.77 bits per heavy atom. The monoisotopic (exact) mass is 870 g/mol. The van der Waals surface area contributed by atoms with E-state index >= 15 is 0 Å². The molecule has 1 saturated heterocycles. The van der Waals surface area contributed by atoms with E-state index in [4.69, 9.17) is 20.6 Å². The van der Waals surface area contributed by atoms with Gasteiger partial charge in [-0.3, -0.25) is 24.0 Å². The summed E-state index contributed by atoms with van der Waals surface area (Å²) in [4.78, 5) is 74.9. The Labute approximate surface area is 368 Å². The number of carboxylic acids is 1. The number of nitrogens with one attached hydrogen (secondary N) is 3. The smallest absolute Gasteiger partial charge is 0.322 e. The zero-order valence-electron chi connectivity index (χ0n) is 38.3. The molecule has 6 N–H and O–H groups in total. The molecule has 2 heterocycles. The van der Waals surface area contributed by atoms with Crippen molar-refractivity contribution in [1.82, 2.24) is 30.7 Å². The molecule has 3 amide bonds. The maximum Gasteiger partial charge on any atom is 0.322 e. The minimum atomic E-state index is -1.15. The average Bonchev–Trinajstić information content (AvgIpc) is 3.70. The second kappa shape index (κ2) is 25.1. The van der Waals surface area contributed by atoms with Crippen LogP contribution >= 0.6 is 11.3 Å². The van der Waals surface area contributed by atoms with Crippen molar-refractivity contribution in [3.05, 3.63) is 45.9 Å². The van der Waals surface area contributed by atoms with E-state index in [2.05, 4.69) is 62.5 Å². The molecule has 0 aliphatic carbocycles. The maximum atomic E-state index is 14.9. The van der Waals surface area contributed by atoms with E-state index in [9.17, 15) is 24.0 Å². The summed E-state index contributed by atoms with van der Waals surface area (Å²) in [6.07, 6.45) is 8.40. The number of aliphatic carboxylic acids is 1. The van der Waals surface area contributed by atoms with Gasteiger partial charge in [0.1, 0.15) is 17.2 Å². The fourth-order valence-electron chi connectivity index (χ4n) is 8.15. The number of aromatic nitrogens is 1. The van der Waals surface area contributed by atoms with Gasteiger partial charge in [-0.25, -0.2) is 4.98 Å². The van der Waals surface area contributed by atoms with Crippen LogP contribution in [0.25, 0.3) is 0 Å². The lowest BCUT2D eigenvalue weighted by molar-refractivity contribution is -0.149. The average molecular weight is 870 g/mol. The summed E-state index contributed by atoms with van der Waals surface area (Å²) in [5.41, 5.74) is 6.50. The van der Waals surface area contributed by atoms with Gasteiger partial charge in [0, 0.05) is 61.0 Å². The summed E-state index contributed by atoms with van der Waals surface area (Å²) >= 11 is 1.22. The number of rotatable bonds is 26. The highest BCUT2D eigenvalue weighted by Gasteiger charge is 2.37. The molecule has 342 valence electrons. The zero-order chi connectivity index (χ0) is 45.3. The third kappa shape index (κ3) is 16.6. The van der Waals surface area contributed by atoms with Crippen LogP contribution in [0.2, 0.25) is 0 Å². The van der Waals surface area contributed by atoms with Gasteiger partial charge in [0.05, 0.1) is 6.04 Å². The Morgan fingerprint density at radius 3 is 2.38 bits per heavy atom. The molecular weight excluding hydrogens is 795 g/mol. The summed E-state index contributed by atoms with van der Waals surface area (Å²) < 4.78 is 5.97. The highest BCUT2D eigenvalue weighted by atomic mass is 32.1. The number of nitrogen functional groups attached to an aromatic ring is 1. The van der Waals surface area contributed by atoms with Crippen molar-refractivity contribution in [2.75, 3.05) is 39.0 Å². The van der Waals surface area contributed by atoms with Crippen LogP contribution in [-0.2, 0) is 30.3 Å². The number of likely N-dealkylation sites (tertiary alicyclic amines) is 1. The van der Waals surface area contributed by atoms with Gasteiger partial charge in [0.25, 0.3) is 5.91 Å². The van der Waals surface area contributed by atoms with E-state index in [-0.39, 0.29) is 41.9 Å². The molecule has 1 aromatic carbocycles. The quantitative estimate of drug-likeness (QED) is 0.0388. The Morgan fingerprint density at radius 1 is 1.07 bits per heavy atom. The molecule has 0 spiro atoms. The van der Waals surface area contributed by atoms with Gasteiger partial charge in [-0.1, -0.05) is 92.7 Å². The Balaban J connectivity index is 1.92. The van der Waals surface area contributed by atoms with Gasteiger partial charge >= 0.3 is 11.9 Å². The lowest BCUT2D eigenvalue weighted by atomic mass is 9.82. The Bertz CT molecular complexity index is 1700. The molecule has 1 aromatic heterocycles.